The molecule has 0 saturated carbocycles. The Kier molecular flexibility index (Phi) is 15.9. The number of aliphatic hydroxyl groups is 1. The summed E-state index contributed by atoms with van der Waals surface area (Å²) < 4.78 is 29.2. The summed E-state index contributed by atoms with van der Waals surface area (Å²) in [6, 6.07) is 2.53. The third kappa shape index (κ3) is 11.2. The summed E-state index contributed by atoms with van der Waals surface area (Å²) in [6.45, 7) is 9.49. The molecule has 0 aliphatic carbocycles. The van der Waals surface area contributed by atoms with Crippen LogP contribution in [0.25, 0.3) is 0 Å². The predicted molar refractivity (Wildman–Crippen MR) is 216 cm³/mol. The van der Waals surface area contributed by atoms with Crippen LogP contribution in [-0.4, -0.2) is 128 Å². The first kappa shape index (κ1) is 45.9. The van der Waals surface area contributed by atoms with Crippen molar-refractivity contribution in [3.8, 4) is 5.75 Å². The standard InChI is InChI=1S/C40H57ClN4O11S/c1-10-15-42-32(46)22-57-16-14-33(47)44(6)25(4)37(49)55-31-20-34(48)45(7)27-18-26(19-28(52-8)35(27)41)17-23(2)12-11-13-30(53-9)40(51)21-29(54-38(50)43-40)24(3)36-39(31,5)56-36/h11-13,18-19,24-25,29-31,36,51H,10,14-17,20-22H2,1-9H3,(H,42,46)(H,43,50)/b13-11+,23-12+/t24?,25-,29?,30?,31?,36?,39?,40?/m0/s1. The Balaban J connectivity index is 1.64. The van der Waals surface area contributed by atoms with Crippen molar-refractivity contribution >= 4 is 58.8 Å². The summed E-state index contributed by atoms with van der Waals surface area (Å²) in [6.07, 6.45) is 1.67. The lowest BCUT2D eigenvalue weighted by molar-refractivity contribution is -0.162. The molecule has 4 amide bonds. The van der Waals surface area contributed by atoms with Gasteiger partial charge in [0.25, 0.3) is 0 Å². The minimum atomic E-state index is -1.84. The van der Waals surface area contributed by atoms with Crippen LogP contribution in [-0.2, 0) is 44.5 Å². The molecule has 7 unspecified atom stereocenters. The number of ether oxygens (including phenoxy) is 5. The number of halogens is 1. The van der Waals surface area contributed by atoms with Crippen LogP contribution < -0.4 is 20.3 Å². The summed E-state index contributed by atoms with van der Waals surface area (Å²) in [7, 11) is 5.96. The molecule has 2 saturated heterocycles. The number of allylic oxidation sites excluding steroid dienone is 3. The molecule has 57 heavy (non-hydrogen) atoms. The van der Waals surface area contributed by atoms with Crippen LogP contribution in [0.15, 0.2) is 35.9 Å². The molecule has 2 fully saturated rings. The minimum absolute atomic E-state index is 0.0662. The Morgan fingerprint density at radius 1 is 1.25 bits per heavy atom. The van der Waals surface area contributed by atoms with Gasteiger partial charge in [-0.3, -0.25) is 19.7 Å². The Morgan fingerprint density at radius 3 is 2.63 bits per heavy atom. The second kappa shape index (κ2) is 19.7. The lowest BCUT2D eigenvalue weighted by atomic mass is 9.83. The molecule has 3 aliphatic heterocycles. The number of esters is 1. The topological polar surface area (TPSA) is 186 Å². The molecular formula is C40H57ClN4O11S. The number of anilines is 1. The summed E-state index contributed by atoms with van der Waals surface area (Å²) in [4.78, 5) is 68.6. The fourth-order valence-electron chi connectivity index (χ4n) is 7.03. The molecule has 3 N–H and O–H groups in total. The number of carbonyl (C=O) groups excluding carboxylic acids is 5. The van der Waals surface area contributed by atoms with Crippen molar-refractivity contribution in [2.75, 3.05) is 51.3 Å². The van der Waals surface area contributed by atoms with Crippen molar-refractivity contribution in [3.05, 3.63) is 46.5 Å². The van der Waals surface area contributed by atoms with Gasteiger partial charge in [-0.25, -0.2) is 9.59 Å². The van der Waals surface area contributed by atoms with Gasteiger partial charge in [0.15, 0.2) is 5.72 Å². The maximum Gasteiger partial charge on any atom is 0.409 e. The molecule has 0 radical (unpaired) electrons. The Hall–Kier alpha value is -3.83. The first-order valence-corrected chi connectivity index (χ1v) is 20.6. The number of nitrogens with zero attached hydrogens (tertiary/aromatic N) is 2. The van der Waals surface area contributed by atoms with E-state index in [0.717, 1.165) is 17.6 Å². The van der Waals surface area contributed by atoms with Gasteiger partial charge in [-0.15, -0.1) is 0 Å². The summed E-state index contributed by atoms with van der Waals surface area (Å²) in [5, 5.41) is 17.3. The van der Waals surface area contributed by atoms with Crippen LogP contribution in [0.4, 0.5) is 10.5 Å². The van der Waals surface area contributed by atoms with E-state index in [0.29, 0.717) is 30.2 Å². The average Bonchev–Trinajstić information content (AvgIpc) is 3.87. The second-order valence-corrected chi connectivity index (χ2v) is 16.5. The lowest BCUT2D eigenvalue weighted by Crippen LogP contribution is -2.63. The normalized spacial score (nSPS) is 29.7. The monoisotopic (exact) mass is 836 g/mol. The van der Waals surface area contributed by atoms with Crippen LogP contribution in [0.1, 0.15) is 65.9 Å². The first-order chi connectivity index (χ1) is 26.9. The van der Waals surface area contributed by atoms with Gasteiger partial charge in [-0.1, -0.05) is 49.2 Å². The average molecular weight is 837 g/mol. The highest BCUT2D eigenvalue weighted by atomic mass is 35.5. The zero-order valence-electron chi connectivity index (χ0n) is 34.2. The van der Waals surface area contributed by atoms with E-state index in [1.165, 1.54) is 49.8 Å². The zero-order valence-corrected chi connectivity index (χ0v) is 35.8. The molecule has 1 aromatic carbocycles. The highest BCUT2D eigenvalue weighted by Gasteiger charge is 2.64. The highest BCUT2D eigenvalue weighted by molar-refractivity contribution is 7.99. The maximum atomic E-state index is 14.2. The van der Waals surface area contributed by atoms with E-state index in [-0.39, 0.29) is 41.9 Å². The molecule has 0 spiro atoms. The van der Waals surface area contributed by atoms with Gasteiger partial charge < -0.3 is 43.9 Å². The number of nitrogens with one attached hydrogen (secondary N) is 2. The molecule has 8 atom stereocenters. The Bertz CT molecular complexity index is 1730. The molecule has 0 aromatic heterocycles. The summed E-state index contributed by atoms with van der Waals surface area (Å²) in [5.41, 5.74) is -0.999. The number of amides is 4. The highest BCUT2D eigenvalue weighted by Crippen LogP contribution is 2.49. The SMILES string of the molecule is CCCNC(=O)CSCCC(=O)N(C)[C@@H](C)C(=O)OC1CC(=O)N(C)c2cc(cc(OC)c2Cl)C/C(C)=C/C=C/C(OC)C2(O)CC(OC(=O)N2)C(C)C2OC12C. The first-order valence-electron chi connectivity index (χ1n) is 19.1. The van der Waals surface area contributed by atoms with E-state index in [2.05, 4.69) is 10.6 Å². The number of rotatable bonds is 12. The number of benzene rings is 1. The number of methoxy groups -OCH3 is 2. The van der Waals surface area contributed by atoms with Gasteiger partial charge in [-0.05, 0) is 51.3 Å². The van der Waals surface area contributed by atoms with Crippen LogP contribution in [0.2, 0.25) is 5.02 Å². The molecule has 1 aromatic rings. The third-order valence-corrected chi connectivity index (χ3v) is 12.1. The van der Waals surface area contributed by atoms with Crippen LogP contribution in [0.5, 0.6) is 5.75 Å². The molecule has 17 heteroatoms. The minimum Gasteiger partial charge on any atom is -0.495 e. The van der Waals surface area contributed by atoms with Gasteiger partial charge in [0.05, 0.1) is 31.1 Å². The fraction of sp³-hybridized carbons (Fsp3) is 0.625. The third-order valence-electron chi connectivity index (χ3n) is 10.8. The van der Waals surface area contributed by atoms with Crippen molar-refractivity contribution in [2.24, 2.45) is 5.92 Å². The Labute approximate surface area is 344 Å². The number of likely N-dealkylation sites (N-methyl/N-ethyl adjacent to an activating group) is 1. The molecule has 15 nitrogen and oxygen atoms in total. The van der Waals surface area contributed by atoms with E-state index >= 15 is 0 Å². The van der Waals surface area contributed by atoms with Gasteiger partial charge in [0, 0.05) is 52.3 Å². The van der Waals surface area contributed by atoms with E-state index in [1.54, 1.807) is 45.2 Å². The smallest absolute Gasteiger partial charge is 0.409 e. The van der Waals surface area contributed by atoms with Crippen molar-refractivity contribution in [3.63, 3.8) is 0 Å². The molecule has 4 bridgehead atoms. The fourth-order valence-corrected chi connectivity index (χ4v) is 8.10. The van der Waals surface area contributed by atoms with Gasteiger partial charge >= 0.3 is 12.1 Å². The number of hydrogen-bond acceptors (Lipinski definition) is 12. The number of fused-ring (bicyclic) bond motifs is 5. The van der Waals surface area contributed by atoms with Crippen molar-refractivity contribution in [2.45, 2.75) is 109 Å². The quantitative estimate of drug-likeness (QED) is 0.155. The lowest BCUT2D eigenvalue weighted by Gasteiger charge is -2.42. The number of alkyl carbamates (subject to hydrolysis) is 1. The van der Waals surface area contributed by atoms with Crippen molar-refractivity contribution in [1.29, 1.82) is 0 Å². The van der Waals surface area contributed by atoms with Crippen molar-refractivity contribution < 1.29 is 52.8 Å². The van der Waals surface area contributed by atoms with Crippen LogP contribution in [0.3, 0.4) is 0 Å². The molecular weight excluding hydrogens is 780 g/mol. The Morgan fingerprint density at radius 2 is 1.96 bits per heavy atom. The van der Waals surface area contributed by atoms with E-state index < -0.39 is 65.7 Å². The van der Waals surface area contributed by atoms with E-state index in [4.69, 9.17) is 35.3 Å². The van der Waals surface area contributed by atoms with Gasteiger partial charge in [0.2, 0.25) is 17.7 Å². The molecule has 316 valence electrons. The zero-order chi connectivity index (χ0) is 42.2. The second-order valence-electron chi connectivity index (χ2n) is 15.1. The van der Waals surface area contributed by atoms with E-state index in [1.807, 2.05) is 19.9 Å². The molecule has 3 aliphatic rings. The van der Waals surface area contributed by atoms with Crippen LogP contribution >= 0.6 is 23.4 Å². The summed E-state index contributed by atoms with van der Waals surface area (Å²) in [5.74, 6) is -1.24. The number of hydrogen-bond donors (Lipinski definition) is 3. The number of epoxide rings is 1. The van der Waals surface area contributed by atoms with Gasteiger partial charge in [-0.2, -0.15) is 11.8 Å². The van der Waals surface area contributed by atoms with Crippen molar-refractivity contribution in [1.82, 2.24) is 15.5 Å². The maximum absolute atomic E-state index is 14.2. The molecule has 3 heterocycles. The largest absolute Gasteiger partial charge is 0.495 e. The summed E-state index contributed by atoms with van der Waals surface area (Å²) >= 11 is 8.09. The van der Waals surface area contributed by atoms with Gasteiger partial charge in [0.1, 0.15) is 40.7 Å². The number of carbonyl (C=O) groups is 5. The van der Waals surface area contributed by atoms with E-state index in [9.17, 15) is 29.1 Å². The number of thioether (sulfide) groups is 1. The van der Waals surface area contributed by atoms with Crippen LogP contribution in [0, 0.1) is 5.92 Å². The predicted octanol–water partition coefficient (Wildman–Crippen LogP) is 4.16. The molecule has 4 rings (SSSR count).